The van der Waals surface area contributed by atoms with Crippen LogP contribution in [0.2, 0.25) is 0 Å². The molecule has 0 unspecified atom stereocenters. The highest BCUT2D eigenvalue weighted by atomic mass is 32.1. The maximum atomic E-state index is 12.6. The maximum absolute atomic E-state index is 12.6. The fraction of sp³-hybridized carbons (Fsp3) is 0.0476. The zero-order valence-electron chi connectivity index (χ0n) is 14.8. The Morgan fingerprint density at radius 3 is 2.71 bits per heavy atom. The van der Waals surface area contributed by atoms with E-state index < -0.39 is 0 Å². The molecule has 3 aromatic heterocycles. The number of benzene rings is 2. The van der Waals surface area contributed by atoms with Gasteiger partial charge in [-0.1, -0.05) is 24.3 Å². The Hall–Kier alpha value is -3.16. The average Bonchev–Trinajstić information content (AvgIpc) is 3.33. The lowest BCUT2D eigenvalue weighted by atomic mass is 10.1. The third kappa shape index (κ3) is 3.15. The van der Waals surface area contributed by atoms with Crippen LogP contribution in [-0.4, -0.2) is 20.9 Å². The van der Waals surface area contributed by atoms with E-state index in [1.165, 1.54) is 11.3 Å². The van der Waals surface area contributed by atoms with Gasteiger partial charge in [0, 0.05) is 22.0 Å². The maximum Gasteiger partial charge on any atom is 0.257 e. The zero-order chi connectivity index (χ0) is 19.1. The van der Waals surface area contributed by atoms with Crippen molar-refractivity contribution in [3.05, 3.63) is 71.2 Å². The number of aromatic nitrogens is 3. The smallest absolute Gasteiger partial charge is 0.257 e. The van der Waals surface area contributed by atoms with Crippen molar-refractivity contribution in [1.82, 2.24) is 15.0 Å². The van der Waals surface area contributed by atoms with Gasteiger partial charge >= 0.3 is 0 Å². The van der Waals surface area contributed by atoms with Crippen LogP contribution in [0.5, 0.6) is 0 Å². The molecule has 0 fully saturated rings. The second-order valence-corrected chi connectivity index (χ2v) is 8.23. The van der Waals surface area contributed by atoms with Gasteiger partial charge in [0.15, 0.2) is 5.13 Å². The Kier molecular flexibility index (Phi) is 4.11. The van der Waals surface area contributed by atoms with Crippen molar-refractivity contribution in [2.45, 2.75) is 6.92 Å². The molecule has 0 bridgehead atoms. The number of hydrogen-bond acceptors (Lipinski definition) is 6. The highest BCUT2D eigenvalue weighted by Gasteiger charge is 2.13. The van der Waals surface area contributed by atoms with Crippen LogP contribution in [0.25, 0.3) is 31.8 Å². The monoisotopic (exact) mass is 402 g/mol. The van der Waals surface area contributed by atoms with E-state index in [-0.39, 0.29) is 5.91 Å². The summed E-state index contributed by atoms with van der Waals surface area (Å²) in [6, 6.07) is 17.5. The molecule has 1 amide bonds. The van der Waals surface area contributed by atoms with Gasteiger partial charge in [-0.05, 0) is 37.3 Å². The summed E-state index contributed by atoms with van der Waals surface area (Å²) in [6.45, 7) is 1.94. The fourth-order valence-corrected chi connectivity index (χ4v) is 4.63. The van der Waals surface area contributed by atoms with Crippen LogP contribution in [0.15, 0.2) is 60.0 Å². The molecule has 0 aliphatic rings. The van der Waals surface area contributed by atoms with Crippen molar-refractivity contribution in [2.75, 3.05) is 5.32 Å². The number of fused-ring (bicyclic) bond motifs is 2. The Bertz CT molecular complexity index is 1310. The number of nitrogens with one attached hydrogen (secondary N) is 1. The van der Waals surface area contributed by atoms with E-state index >= 15 is 0 Å². The lowest BCUT2D eigenvalue weighted by Gasteiger charge is -2.04. The first-order chi connectivity index (χ1) is 13.7. The number of nitrogens with zero attached hydrogens (tertiary/aromatic N) is 3. The average molecular weight is 403 g/mol. The van der Waals surface area contributed by atoms with Crippen LogP contribution in [0.4, 0.5) is 5.13 Å². The van der Waals surface area contributed by atoms with Crippen LogP contribution in [0, 0.1) is 6.92 Å². The van der Waals surface area contributed by atoms with Gasteiger partial charge in [0.1, 0.15) is 10.7 Å². The molecule has 2 aromatic carbocycles. The summed E-state index contributed by atoms with van der Waals surface area (Å²) >= 11 is 2.99. The number of rotatable bonds is 3. The minimum absolute atomic E-state index is 0.199. The molecule has 5 nitrogen and oxygen atoms in total. The van der Waals surface area contributed by atoms with Crippen LogP contribution in [0.1, 0.15) is 16.1 Å². The van der Waals surface area contributed by atoms with Crippen molar-refractivity contribution < 1.29 is 4.79 Å². The van der Waals surface area contributed by atoms with E-state index in [2.05, 4.69) is 20.3 Å². The van der Waals surface area contributed by atoms with Gasteiger partial charge in [0.05, 0.1) is 15.7 Å². The molecular formula is C21H14N4OS2. The molecule has 0 aliphatic heterocycles. The Morgan fingerprint density at radius 1 is 0.964 bits per heavy atom. The van der Waals surface area contributed by atoms with E-state index in [1.807, 2.05) is 54.8 Å². The number of para-hydroxylation sites is 1. The largest absolute Gasteiger partial charge is 0.298 e. The van der Waals surface area contributed by atoms with Gasteiger partial charge in [-0.15, -0.1) is 22.7 Å². The van der Waals surface area contributed by atoms with Crippen LogP contribution in [-0.2, 0) is 0 Å². The third-order valence-electron chi connectivity index (χ3n) is 4.33. The summed E-state index contributed by atoms with van der Waals surface area (Å²) in [5, 5.41) is 7.21. The highest BCUT2D eigenvalue weighted by molar-refractivity contribution is 7.22. The molecule has 0 saturated heterocycles. The van der Waals surface area contributed by atoms with E-state index in [9.17, 15) is 4.79 Å². The summed E-state index contributed by atoms with van der Waals surface area (Å²) in [5.74, 6) is -0.199. The standard InChI is InChI=1S/C21H14N4OS2/c1-12-6-7-13-8-9-14(10-16(13)22-12)19(26)25-21-24-17(11-27-21)20-23-15-4-2-3-5-18(15)28-20/h2-11H,1H3,(H,24,25,26). The second kappa shape index (κ2) is 6.78. The summed E-state index contributed by atoms with van der Waals surface area (Å²) < 4.78 is 1.12. The molecule has 0 radical (unpaired) electrons. The molecule has 28 heavy (non-hydrogen) atoms. The van der Waals surface area contributed by atoms with E-state index in [1.54, 1.807) is 23.5 Å². The fourth-order valence-electron chi connectivity index (χ4n) is 2.94. The number of anilines is 1. The van der Waals surface area contributed by atoms with Gasteiger partial charge < -0.3 is 0 Å². The van der Waals surface area contributed by atoms with Crippen molar-refractivity contribution in [1.29, 1.82) is 0 Å². The summed E-state index contributed by atoms with van der Waals surface area (Å²) in [5.41, 5.74) is 4.02. The lowest BCUT2D eigenvalue weighted by molar-refractivity contribution is 0.102. The van der Waals surface area contributed by atoms with Gasteiger partial charge in [0.2, 0.25) is 0 Å². The van der Waals surface area contributed by atoms with Crippen molar-refractivity contribution in [3.8, 4) is 10.7 Å². The first-order valence-corrected chi connectivity index (χ1v) is 10.4. The van der Waals surface area contributed by atoms with Crippen molar-refractivity contribution in [2.24, 2.45) is 0 Å². The number of aryl methyl sites for hydroxylation is 1. The minimum atomic E-state index is -0.199. The minimum Gasteiger partial charge on any atom is -0.298 e. The molecular weight excluding hydrogens is 388 g/mol. The van der Waals surface area contributed by atoms with Gasteiger partial charge in [-0.25, -0.2) is 9.97 Å². The van der Waals surface area contributed by atoms with Crippen LogP contribution < -0.4 is 5.32 Å². The first kappa shape index (κ1) is 17.0. The highest BCUT2D eigenvalue weighted by Crippen LogP contribution is 2.32. The molecule has 1 N–H and O–H groups in total. The van der Waals surface area contributed by atoms with Crippen molar-refractivity contribution in [3.63, 3.8) is 0 Å². The van der Waals surface area contributed by atoms with Gasteiger partial charge in [-0.3, -0.25) is 15.1 Å². The molecule has 3 heterocycles. The topological polar surface area (TPSA) is 67.8 Å². The molecule has 0 spiro atoms. The van der Waals surface area contributed by atoms with Crippen LogP contribution in [0.3, 0.4) is 0 Å². The number of carbonyl (C=O) groups is 1. The van der Waals surface area contributed by atoms with Gasteiger partial charge in [0.25, 0.3) is 5.91 Å². The summed E-state index contributed by atoms with van der Waals surface area (Å²) in [4.78, 5) is 26.3. The van der Waals surface area contributed by atoms with E-state index in [0.717, 1.165) is 37.5 Å². The first-order valence-electron chi connectivity index (χ1n) is 8.66. The molecule has 0 saturated carbocycles. The molecule has 0 aliphatic carbocycles. The SMILES string of the molecule is Cc1ccc2ccc(C(=O)Nc3nc(-c4nc5ccccc5s4)cs3)cc2n1. The van der Waals surface area contributed by atoms with Crippen LogP contribution >= 0.6 is 22.7 Å². The quantitative estimate of drug-likeness (QED) is 0.431. The Labute approximate surface area is 168 Å². The molecule has 136 valence electrons. The number of thiazole rings is 2. The molecule has 0 atom stereocenters. The Balaban J connectivity index is 1.40. The van der Waals surface area contributed by atoms with E-state index in [4.69, 9.17) is 0 Å². The zero-order valence-corrected chi connectivity index (χ0v) is 16.5. The lowest BCUT2D eigenvalue weighted by Crippen LogP contribution is -2.11. The summed E-state index contributed by atoms with van der Waals surface area (Å²) in [6.07, 6.45) is 0. The third-order valence-corrected chi connectivity index (χ3v) is 6.15. The molecule has 5 aromatic rings. The van der Waals surface area contributed by atoms with Gasteiger partial charge in [-0.2, -0.15) is 0 Å². The number of carbonyl (C=O) groups excluding carboxylic acids is 1. The van der Waals surface area contributed by atoms with E-state index in [0.29, 0.717) is 10.7 Å². The normalized spacial score (nSPS) is 11.2. The van der Waals surface area contributed by atoms with Crippen molar-refractivity contribution >= 4 is 54.8 Å². The predicted octanol–water partition coefficient (Wildman–Crippen LogP) is 5.53. The Morgan fingerprint density at radius 2 is 1.82 bits per heavy atom. The number of amides is 1. The molecule has 7 heteroatoms. The second-order valence-electron chi connectivity index (χ2n) is 6.34. The summed E-state index contributed by atoms with van der Waals surface area (Å²) in [7, 11) is 0. The predicted molar refractivity (Wildman–Crippen MR) is 115 cm³/mol. The molecule has 5 rings (SSSR count). The number of pyridine rings is 1. The number of hydrogen-bond donors (Lipinski definition) is 1.